The predicted molar refractivity (Wildman–Crippen MR) is 57.3 cm³/mol. The van der Waals surface area contributed by atoms with Crippen LogP contribution >= 0.6 is 0 Å². The second-order valence-electron chi connectivity index (χ2n) is 3.96. The third-order valence-corrected chi connectivity index (χ3v) is 2.96. The molecule has 0 spiro atoms. The van der Waals surface area contributed by atoms with Crippen molar-refractivity contribution >= 4 is 11.4 Å². The first-order valence-corrected chi connectivity index (χ1v) is 5.05. The molecule has 1 atom stereocenters. The number of anilines is 2. The Morgan fingerprint density at radius 2 is 2.00 bits per heavy atom. The van der Waals surface area contributed by atoms with Gasteiger partial charge in [-0.15, -0.1) is 0 Å². The maximum Gasteiger partial charge on any atom is 0.161 e. The van der Waals surface area contributed by atoms with E-state index in [-0.39, 0.29) is 0 Å². The number of rotatable bonds is 0. The van der Waals surface area contributed by atoms with Crippen LogP contribution in [0, 0.1) is 11.6 Å². The van der Waals surface area contributed by atoms with Crippen LogP contribution in [-0.2, 0) is 0 Å². The summed E-state index contributed by atoms with van der Waals surface area (Å²) in [6.07, 6.45) is 0.953. The lowest BCUT2D eigenvalue weighted by atomic mass is 10.2. The van der Waals surface area contributed by atoms with Gasteiger partial charge in [0.25, 0.3) is 0 Å². The van der Waals surface area contributed by atoms with Gasteiger partial charge in [0.2, 0.25) is 0 Å². The van der Waals surface area contributed by atoms with Crippen LogP contribution in [-0.4, -0.2) is 19.6 Å². The molecular weight excluding hydrogens is 198 g/mol. The number of nitrogens with zero attached hydrogens (tertiary/aromatic N) is 1. The number of nitrogens with one attached hydrogen (secondary N) is 1. The van der Waals surface area contributed by atoms with E-state index in [0.29, 0.717) is 11.7 Å². The summed E-state index contributed by atoms with van der Waals surface area (Å²) in [6.45, 7) is 2.85. The Kier molecular flexibility index (Phi) is 2.50. The Labute approximate surface area is 87.9 Å². The average molecular weight is 212 g/mol. The van der Waals surface area contributed by atoms with Gasteiger partial charge in [-0.1, -0.05) is 0 Å². The van der Waals surface area contributed by atoms with E-state index >= 15 is 0 Å². The SMILES string of the molecule is CC1CCNc2cc(F)c(F)cc2N1C. The molecule has 1 aromatic carbocycles. The quantitative estimate of drug-likeness (QED) is 0.711. The predicted octanol–water partition coefficient (Wildman–Crippen LogP) is 2.61. The second-order valence-corrected chi connectivity index (χ2v) is 3.96. The number of hydrogen-bond donors (Lipinski definition) is 1. The molecule has 0 saturated heterocycles. The Balaban J connectivity index is 2.49. The molecule has 82 valence electrons. The van der Waals surface area contributed by atoms with E-state index in [1.807, 2.05) is 11.9 Å². The van der Waals surface area contributed by atoms with Crippen molar-refractivity contribution in [3.8, 4) is 0 Å². The molecule has 1 aliphatic heterocycles. The molecular formula is C11H14F2N2. The molecule has 15 heavy (non-hydrogen) atoms. The largest absolute Gasteiger partial charge is 0.383 e. The molecule has 1 heterocycles. The van der Waals surface area contributed by atoms with E-state index in [9.17, 15) is 8.78 Å². The van der Waals surface area contributed by atoms with Crippen LogP contribution in [0.2, 0.25) is 0 Å². The second kappa shape index (κ2) is 3.68. The maximum absolute atomic E-state index is 13.1. The van der Waals surface area contributed by atoms with Gasteiger partial charge >= 0.3 is 0 Å². The lowest BCUT2D eigenvalue weighted by Gasteiger charge is -2.25. The normalized spacial score (nSPS) is 20.5. The first-order valence-electron chi connectivity index (χ1n) is 5.05. The molecule has 0 bridgehead atoms. The van der Waals surface area contributed by atoms with E-state index in [0.717, 1.165) is 18.7 Å². The minimum Gasteiger partial charge on any atom is -0.383 e. The van der Waals surface area contributed by atoms with Gasteiger partial charge in [-0.05, 0) is 13.3 Å². The van der Waals surface area contributed by atoms with Gasteiger partial charge in [0.1, 0.15) is 0 Å². The minimum absolute atomic E-state index is 0.323. The van der Waals surface area contributed by atoms with Gasteiger partial charge < -0.3 is 10.2 Å². The van der Waals surface area contributed by atoms with Crippen molar-refractivity contribution in [2.75, 3.05) is 23.8 Å². The standard InChI is InChI=1S/C11H14F2N2/c1-7-3-4-14-10-5-8(12)9(13)6-11(10)15(7)2/h5-7,14H,3-4H2,1-2H3. The Morgan fingerprint density at radius 3 is 2.73 bits per heavy atom. The van der Waals surface area contributed by atoms with Crippen molar-refractivity contribution in [3.05, 3.63) is 23.8 Å². The summed E-state index contributed by atoms with van der Waals surface area (Å²) in [5.41, 5.74) is 1.39. The van der Waals surface area contributed by atoms with Gasteiger partial charge in [-0.3, -0.25) is 0 Å². The van der Waals surface area contributed by atoms with E-state index in [1.54, 1.807) is 0 Å². The number of fused-ring (bicyclic) bond motifs is 1. The van der Waals surface area contributed by atoms with Crippen molar-refractivity contribution in [2.24, 2.45) is 0 Å². The maximum atomic E-state index is 13.1. The lowest BCUT2D eigenvalue weighted by molar-refractivity contribution is 0.509. The summed E-state index contributed by atoms with van der Waals surface area (Å²) in [6, 6.07) is 2.79. The topological polar surface area (TPSA) is 15.3 Å². The molecule has 2 rings (SSSR count). The first-order chi connectivity index (χ1) is 7.09. The van der Waals surface area contributed by atoms with E-state index in [1.165, 1.54) is 12.1 Å². The van der Waals surface area contributed by atoms with Crippen molar-refractivity contribution in [1.82, 2.24) is 0 Å². The zero-order valence-electron chi connectivity index (χ0n) is 8.85. The van der Waals surface area contributed by atoms with Crippen LogP contribution in [0.1, 0.15) is 13.3 Å². The molecule has 0 fully saturated rings. The third kappa shape index (κ3) is 1.76. The van der Waals surface area contributed by atoms with Gasteiger partial charge in [-0.25, -0.2) is 8.78 Å². The van der Waals surface area contributed by atoms with Gasteiger partial charge in [0.15, 0.2) is 11.6 Å². The van der Waals surface area contributed by atoms with Crippen LogP contribution in [0.15, 0.2) is 12.1 Å². The van der Waals surface area contributed by atoms with Crippen molar-refractivity contribution in [2.45, 2.75) is 19.4 Å². The van der Waals surface area contributed by atoms with Crippen LogP contribution in [0.25, 0.3) is 0 Å². The molecule has 0 saturated carbocycles. The van der Waals surface area contributed by atoms with Crippen LogP contribution < -0.4 is 10.2 Å². The molecule has 0 aromatic heterocycles. The molecule has 1 unspecified atom stereocenters. The Hall–Kier alpha value is -1.32. The zero-order chi connectivity index (χ0) is 11.0. The summed E-state index contributed by atoms with van der Waals surface area (Å²) in [5.74, 6) is -1.60. The van der Waals surface area contributed by atoms with E-state index < -0.39 is 11.6 Å². The fourth-order valence-electron chi connectivity index (χ4n) is 1.82. The molecule has 0 radical (unpaired) electrons. The summed E-state index contributed by atoms with van der Waals surface area (Å²) in [7, 11) is 1.90. The zero-order valence-corrected chi connectivity index (χ0v) is 8.85. The van der Waals surface area contributed by atoms with Gasteiger partial charge in [0, 0.05) is 31.8 Å². The Bertz CT molecular complexity index is 379. The molecule has 4 heteroatoms. The third-order valence-electron chi connectivity index (χ3n) is 2.96. The molecule has 1 aliphatic rings. The molecule has 0 amide bonds. The van der Waals surface area contributed by atoms with Crippen molar-refractivity contribution < 1.29 is 8.78 Å². The number of hydrogen-bond acceptors (Lipinski definition) is 2. The number of halogens is 2. The van der Waals surface area contributed by atoms with Crippen LogP contribution in [0.3, 0.4) is 0 Å². The summed E-state index contributed by atoms with van der Waals surface area (Å²) in [4.78, 5) is 1.97. The van der Waals surface area contributed by atoms with Crippen molar-refractivity contribution in [1.29, 1.82) is 0 Å². The smallest absolute Gasteiger partial charge is 0.161 e. The Morgan fingerprint density at radius 1 is 1.33 bits per heavy atom. The highest BCUT2D eigenvalue weighted by Crippen LogP contribution is 2.31. The summed E-state index contributed by atoms with van der Waals surface area (Å²) in [5, 5.41) is 3.11. The van der Waals surface area contributed by atoms with Gasteiger partial charge in [-0.2, -0.15) is 0 Å². The van der Waals surface area contributed by atoms with E-state index in [4.69, 9.17) is 0 Å². The molecule has 1 aromatic rings. The summed E-state index contributed by atoms with van der Waals surface area (Å²) >= 11 is 0. The number of benzene rings is 1. The fourth-order valence-corrected chi connectivity index (χ4v) is 1.82. The van der Waals surface area contributed by atoms with E-state index in [2.05, 4.69) is 12.2 Å². The highest BCUT2D eigenvalue weighted by molar-refractivity contribution is 5.71. The molecule has 2 nitrogen and oxygen atoms in total. The monoisotopic (exact) mass is 212 g/mol. The highest BCUT2D eigenvalue weighted by atomic mass is 19.2. The summed E-state index contributed by atoms with van der Waals surface area (Å²) < 4.78 is 26.1. The minimum atomic E-state index is -0.802. The average Bonchev–Trinajstić information content (AvgIpc) is 2.32. The van der Waals surface area contributed by atoms with Crippen LogP contribution in [0.4, 0.5) is 20.2 Å². The molecule has 1 N–H and O–H groups in total. The first kappa shape index (κ1) is 10.2. The van der Waals surface area contributed by atoms with Gasteiger partial charge in [0.05, 0.1) is 11.4 Å². The van der Waals surface area contributed by atoms with Crippen molar-refractivity contribution in [3.63, 3.8) is 0 Å². The molecule has 0 aliphatic carbocycles. The highest BCUT2D eigenvalue weighted by Gasteiger charge is 2.19. The van der Waals surface area contributed by atoms with Crippen LogP contribution in [0.5, 0.6) is 0 Å². The fraction of sp³-hybridized carbons (Fsp3) is 0.455. The lowest BCUT2D eigenvalue weighted by Crippen LogP contribution is -2.28.